The fourth-order valence-corrected chi connectivity index (χ4v) is 4.94. The van der Waals surface area contributed by atoms with Crippen LogP contribution in [0, 0.1) is 5.92 Å². The van der Waals surface area contributed by atoms with Gasteiger partial charge < -0.3 is 10.2 Å². The number of carbonyl (C=O) groups excluding carboxylic acids is 2. The van der Waals surface area contributed by atoms with Gasteiger partial charge in [0.05, 0.1) is 10.8 Å². The Bertz CT molecular complexity index is 1310. The first-order valence-electron chi connectivity index (χ1n) is 11.4. The lowest BCUT2D eigenvalue weighted by Gasteiger charge is -2.23. The van der Waals surface area contributed by atoms with Crippen LogP contribution in [-0.4, -0.2) is 36.7 Å². The number of rotatable bonds is 8. The highest BCUT2D eigenvalue weighted by molar-refractivity contribution is 7.92. The molecule has 9 nitrogen and oxygen atoms in total. The first kappa shape index (κ1) is 24.3. The van der Waals surface area contributed by atoms with Gasteiger partial charge in [0.1, 0.15) is 0 Å². The van der Waals surface area contributed by atoms with Gasteiger partial charge in [-0.15, -0.1) is 0 Å². The molecule has 2 N–H and O–H groups in total. The van der Waals surface area contributed by atoms with E-state index in [4.69, 9.17) is 0 Å². The van der Waals surface area contributed by atoms with Gasteiger partial charge >= 0.3 is 0 Å². The maximum Gasteiger partial charge on any atom is 0.264 e. The lowest BCUT2D eigenvalue weighted by Crippen LogP contribution is -2.29. The van der Waals surface area contributed by atoms with Crippen LogP contribution >= 0.6 is 0 Å². The zero-order valence-corrected chi connectivity index (χ0v) is 20.3. The van der Waals surface area contributed by atoms with Crippen LogP contribution in [0.2, 0.25) is 0 Å². The van der Waals surface area contributed by atoms with E-state index in [9.17, 15) is 18.0 Å². The molecule has 1 aliphatic heterocycles. The number of carbonyl (C=O) groups is 2. The molecule has 10 heteroatoms. The molecule has 35 heavy (non-hydrogen) atoms. The SMILES string of the molecule is CCC(C)c1ccccc1N1CC(C(=O)Nc2ccc(S(=O)(=O)Nc3ncccn3)cc2)CC1=O. The molecule has 0 aliphatic carbocycles. The molecule has 3 aromatic rings. The van der Waals surface area contributed by atoms with Crippen molar-refractivity contribution in [1.82, 2.24) is 9.97 Å². The van der Waals surface area contributed by atoms with Gasteiger partial charge in [-0.1, -0.05) is 32.0 Å². The van der Waals surface area contributed by atoms with Gasteiger partial charge in [0.2, 0.25) is 17.8 Å². The van der Waals surface area contributed by atoms with Crippen LogP contribution in [0.5, 0.6) is 0 Å². The van der Waals surface area contributed by atoms with E-state index in [0.717, 1.165) is 17.7 Å². The fourth-order valence-electron chi connectivity index (χ4n) is 3.98. The summed E-state index contributed by atoms with van der Waals surface area (Å²) in [4.78, 5) is 35.1. The molecule has 182 valence electrons. The van der Waals surface area contributed by atoms with Crippen molar-refractivity contribution < 1.29 is 18.0 Å². The number of sulfonamides is 1. The molecule has 2 unspecified atom stereocenters. The standard InChI is InChI=1S/C25H27N5O4S/c1-3-17(2)21-7-4-5-8-22(21)30-16-18(15-23(30)31)24(32)28-19-9-11-20(12-10-19)35(33,34)29-25-26-13-6-14-27-25/h4-14,17-18H,3,15-16H2,1-2H3,(H,28,32)(H,26,27,29). The summed E-state index contributed by atoms with van der Waals surface area (Å²) in [5.74, 6) is -0.613. The number of hydrogen-bond donors (Lipinski definition) is 2. The Morgan fingerprint density at radius 2 is 1.77 bits per heavy atom. The second-order valence-corrected chi connectivity index (χ2v) is 10.1. The van der Waals surface area contributed by atoms with Gasteiger partial charge in [-0.3, -0.25) is 9.59 Å². The van der Waals surface area contributed by atoms with Crippen LogP contribution in [-0.2, 0) is 19.6 Å². The third-order valence-electron chi connectivity index (χ3n) is 6.09. The summed E-state index contributed by atoms with van der Waals surface area (Å²) in [6.45, 7) is 4.52. The van der Waals surface area contributed by atoms with Crippen molar-refractivity contribution in [2.75, 3.05) is 21.5 Å². The first-order chi connectivity index (χ1) is 16.8. The Balaban J connectivity index is 1.42. The minimum atomic E-state index is -3.87. The van der Waals surface area contributed by atoms with Crippen molar-refractivity contribution in [2.45, 2.75) is 37.5 Å². The third kappa shape index (κ3) is 5.48. The van der Waals surface area contributed by atoms with Gasteiger partial charge in [0.25, 0.3) is 10.0 Å². The van der Waals surface area contributed by atoms with E-state index in [0.29, 0.717) is 18.2 Å². The molecular weight excluding hydrogens is 466 g/mol. The molecular formula is C25H27N5O4S. The number of para-hydroxylation sites is 1. The van der Waals surface area contributed by atoms with E-state index < -0.39 is 15.9 Å². The zero-order chi connectivity index (χ0) is 25.0. The average Bonchev–Trinajstić information content (AvgIpc) is 3.26. The second-order valence-electron chi connectivity index (χ2n) is 8.47. The highest BCUT2D eigenvalue weighted by atomic mass is 32.2. The summed E-state index contributed by atoms with van der Waals surface area (Å²) in [7, 11) is -3.87. The fraction of sp³-hybridized carbons (Fsp3) is 0.280. The van der Waals surface area contributed by atoms with Gasteiger partial charge in [-0.05, 0) is 54.3 Å². The van der Waals surface area contributed by atoms with Gasteiger partial charge in [-0.2, -0.15) is 0 Å². The highest BCUT2D eigenvalue weighted by Gasteiger charge is 2.36. The average molecular weight is 494 g/mol. The predicted octanol–water partition coefficient (Wildman–Crippen LogP) is 3.78. The molecule has 0 spiro atoms. The Morgan fingerprint density at radius 1 is 1.09 bits per heavy atom. The van der Waals surface area contributed by atoms with Crippen molar-refractivity contribution in [3.8, 4) is 0 Å². The summed E-state index contributed by atoms with van der Waals surface area (Å²) in [6.07, 6.45) is 3.93. The number of benzene rings is 2. The van der Waals surface area contributed by atoms with E-state index in [1.165, 1.54) is 36.7 Å². The Labute approximate surface area is 204 Å². The number of amides is 2. The van der Waals surface area contributed by atoms with E-state index in [-0.39, 0.29) is 29.1 Å². The van der Waals surface area contributed by atoms with E-state index in [1.54, 1.807) is 11.0 Å². The number of nitrogens with zero attached hydrogens (tertiary/aromatic N) is 3. The van der Waals surface area contributed by atoms with Gasteiger partial charge in [-0.25, -0.2) is 23.1 Å². The monoisotopic (exact) mass is 493 g/mol. The third-order valence-corrected chi connectivity index (χ3v) is 7.43. The van der Waals surface area contributed by atoms with E-state index in [1.807, 2.05) is 24.3 Å². The lowest BCUT2D eigenvalue weighted by molar-refractivity contribution is -0.122. The first-order valence-corrected chi connectivity index (χ1v) is 12.9. The molecule has 2 heterocycles. The number of nitrogens with one attached hydrogen (secondary N) is 2. The van der Waals surface area contributed by atoms with Crippen LogP contribution in [0.15, 0.2) is 71.9 Å². The van der Waals surface area contributed by atoms with Crippen molar-refractivity contribution >= 4 is 39.2 Å². The van der Waals surface area contributed by atoms with Crippen molar-refractivity contribution in [3.63, 3.8) is 0 Å². The molecule has 1 aliphatic rings. The van der Waals surface area contributed by atoms with Crippen molar-refractivity contribution in [2.24, 2.45) is 5.92 Å². The van der Waals surface area contributed by atoms with Crippen molar-refractivity contribution in [3.05, 3.63) is 72.6 Å². The van der Waals surface area contributed by atoms with Crippen LogP contribution in [0.3, 0.4) is 0 Å². The van der Waals surface area contributed by atoms with E-state index in [2.05, 4.69) is 33.9 Å². The van der Waals surface area contributed by atoms with Crippen molar-refractivity contribution in [1.29, 1.82) is 0 Å². The summed E-state index contributed by atoms with van der Waals surface area (Å²) in [5.41, 5.74) is 2.39. The molecule has 2 aromatic carbocycles. The molecule has 2 amide bonds. The summed E-state index contributed by atoms with van der Waals surface area (Å²) in [6, 6.07) is 15.2. The molecule has 0 bridgehead atoms. The molecule has 0 saturated carbocycles. The minimum Gasteiger partial charge on any atom is -0.326 e. The predicted molar refractivity (Wildman–Crippen MR) is 134 cm³/mol. The molecule has 1 saturated heterocycles. The van der Waals surface area contributed by atoms with Gasteiger partial charge in [0, 0.05) is 36.7 Å². The van der Waals surface area contributed by atoms with E-state index >= 15 is 0 Å². The molecule has 0 radical (unpaired) electrons. The summed E-state index contributed by atoms with van der Waals surface area (Å²) < 4.78 is 27.4. The minimum absolute atomic E-state index is 0.00632. The summed E-state index contributed by atoms with van der Waals surface area (Å²) >= 11 is 0. The number of aromatic nitrogens is 2. The molecule has 1 aromatic heterocycles. The second kappa shape index (κ2) is 10.2. The molecule has 2 atom stereocenters. The maximum absolute atomic E-state index is 12.9. The highest BCUT2D eigenvalue weighted by Crippen LogP contribution is 2.33. The van der Waals surface area contributed by atoms with Crippen LogP contribution in [0.4, 0.5) is 17.3 Å². The Morgan fingerprint density at radius 3 is 2.46 bits per heavy atom. The Kier molecular flexibility index (Phi) is 7.11. The Hall–Kier alpha value is -3.79. The lowest BCUT2D eigenvalue weighted by atomic mass is 9.96. The summed E-state index contributed by atoms with van der Waals surface area (Å²) in [5, 5.41) is 2.80. The number of anilines is 3. The number of hydrogen-bond acceptors (Lipinski definition) is 6. The quantitative estimate of drug-likeness (QED) is 0.493. The van der Waals surface area contributed by atoms with Crippen LogP contribution in [0.1, 0.15) is 38.2 Å². The smallest absolute Gasteiger partial charge is 0.264 e. The zero-order valence-electron chi connectivity index (χ0n) is 19.5. The maximum atomic E-state index is 12.9. The van der Waals surface area contributed by atoms with Crippen LogP contribution in [0.25, 0.3) is 0 Å². The molecule has 4 rings (SSSR count). The van der Waals surface area contributed by atoms with Gasteiger partial charge in [0.15, 0.2) is 0 Å². The normalized spacial score (nSPS) is 16.7. The largest absolute Gasteiger partial charge is 0.326 e. The van der Waals surface area contributed by atoms with Crippen LogP contribution < -0.4 is 14.9 Å². The topological polar surface area (TPSA) is 121 Å². The molecule has 1 fully saturated rings.